The predicted molar refractivity (Wildman–Crippen MR) is 71.7 cm³/mol. The summed E-state index contributed by atoms with van der Waals surface area (Å²) >= 11 is 0. The molecule has 0 aromatic carbocycles. The Morgan fingerprint density at radius 2 is 1.90 bits per heavy atom. The summed E-state index contributed by atoms with van der Waals surface area (Å²) in [5, 5.41) is 11.3. The molecule has 20 heavy (non-hydrogen) atoms. The molecule has 0 saturated heterocycles. The van der Waals surface area contributed by atoms with E-state index in [1.165, 1.54) is 0 Å². The minimum atomic E-state index is -0.974. The molecule has 0 heterocycles. The third-order valence-corrected chi connectivity index (χ3v) is 2.62. The fourth-order valence-electron chi connectivity index (χ4n) is 1.46. The molecule has 8 nitrogen and oxygen atoms in total. The number of hydroxylamine groups is 1. The van der Waals surface area contributed by atoms with E-state index in [9.17, 15) is 14.4 Å². The molecule has 0 bridgehead atoms. The zero-order valence-corrected chi connectivity index (χ0v) is 11.4. The molecule has 116 valence electrons. The van der Waals surface area contributed by atoms with Crippen LogP contribution in [-0.2, 0) is 19.2 Å². The first kappa shape index (κ1) is 18.7. The number of rotatable bonds is 14. The highest BCUT2D eigenvalue weighted by Crippen LogP contribution is 1.98. The highest BCUT2D eigenvalue weighted by atomic mass is 16.7. The average molecular weight is 289 g/mol. The Balaban J connectivity index is 3.71. The summed E-state index contributed by atoms with van der Waals surface area (Å²) in [5.74, 6) is -0.974. The molecule has 0 rings (SSSR count). The SMILES string of the molecule is NCCCC[C@@H](C=O)NCON[C@H](C=O)CCC(=O)O. The maximum Gasteiger partial charge on any atom is 0.303 e. The van der Waals surface area contributed by atoms with Crippen molar-refractivity contribution in [2.24, 2.45) is 5.73 Å². The molecular formula is C12H23N3O5. The monoisotopic (exact) mass is 289 g/mol. The lowest BCUT2D eigenvalue weighted by Crippen LogP contribution is -2.38. The second-order valence-corrected chi connectivity index (χ2v) is 4.31. The molecule has 0 aliphatic carbocycles. The van der Waals surface area contributed by atoms with Crippen molar-refractivity contribution < 1.29 is 24.3 Å². The van der Waals surface area contributed by atoms with Gasteiger partial charge in [0.25, 0.3) is 0 Å². The van der Waals surface area contributed by atoms with Gasteiger partial charge in [-0.1, -0.05) is 6.42 Å². The van der Waals surface area contributed by atoms with Gasteiger partial charge in [0.05, 0.1) is 12.1 Å². The molecule has 0 radical (unpaired) electrons. The van der Waals surface area contributed by atoms with Crippen molar-refractivity contribution in [1.82, 2.24) is 10.8 Å². The van der Waals surface area contributed by atoms with E-state index < -0.39 is 12.0 Å². The van der Waals surface area contributed by atoms with Crippen LogP contribution < -0.4 is 16.5 Å². The van der Waals surface area contributed by atoms with Crippen LogP contribution >= 0.6 is 0 Å². The number of carboxylic acids is 1. The van der Waals surface area contributed by atoms with Crippen LogP contribution in [0.3, 0.4) is 0 Å². The first-order valence-corrected chi connectivity index (χ1v) is 6.57. The highest BCUT2D eigenvalue weighted by molar-refractivity contribution is 5.68. The van der Waals surface area contributed by atoms with Crippen LogP contribution in [0.15, 0.2) is 0 Å². The van der Waals surface area contributed by atoms with E-state index in [1.54, 1.807) is 0 Å². The lowest BCUT2D eigenvalue weighted by molar-refractivity contribution is -0.137. The van der Waals surface area contributed by atoms with Crippen molar-refractivity contribution in [1.29, 1.82) is 0 Å². The van der Waals surface area contributed by atoms with Gasteiger partial charge in [-0.15, -0.1) is 0 Å². The Kier molecular flexibility index (Phi) is 11.8. The standard InChI is InChI=1S/C12H23N3O5/c13-6-2-1-3-10(7-16)14-9-20-15-11(8-17)4-5-12(18)19/h7-8,10-11,14-15H,1-6,9,13H2,(H,18,19)/t10-,11-/m0/s1. The van der Waals surface area contributed by atoms with Gasteiger partial charge < -0.3 is 20.4 Å². The molecule has 8 heteroatoms. The van der Waals surface area contributed by atoms with Crippen LogP contribution in [0, 0.1) is 0 Å². The van der Waals surface area contributed by atoms with Crippen molar-refractivity contribution in [2.75, 3.05) is 13.3 Å². The van der Waals surface area contributed by atoms with Gasteiger partial charge in [0.1, 0.15) is 19.3 Å². The number of carboxylic acid groups (broad SMARTS) is 1. The third kappa shape index (κ3) is 10.6. The number of nitrogens with two attached hydrogens (primary N) is 1. The summed E-state index contributed by atoms with van der Waals surface area (Å²) < 4.78 is 0. The summed E-state index contributed by atoms with van der Waals surface area (Å²) in [6.07, 6.45) is 3.77. The van der Waals surface area contributed by atoms with Crippen LogP contribution in [0.4, 0.5) is 0 Å². The highest BCUT2D eigenvalue weighted by Gasteiger charge is 2.10. The largest absolute Gasteiger partial charge is 0.481 e. The molecule has 0 saturated carbocycles. The summed E-state index contributed by atoms with van der Waals surface area (Å²) in [6.45, 7) is 0.637. The minimum Gasteiger partial charge on any atom is -0.481 e. The quantitative estimate of drug-likeness (QED) is 0.141. The molecular weight excluding hydrogens is 266 g/mol. The van der Waals surface area contributed by atoms with Gasteiger partial charge in [0.15, 0.2) is 0 Å². The average Bonchev–Trinajstić information content (AvgIpc) is 2.44. The number of carbonyl (C=O) groups excluding carboxylic acids is 2. The van der Waals surface area contributed by atoms with Crippen LogP contribution in [0.5, 0.6) is 0 Å². The van der Waals surface area contributed by atoms with E-state index in [4.69, 9.17) is 15.7 Å². The van der Waals surface area contributed by atoms with Gasteiger partial charge in [-0.25, -0.2) is 0 Å². The Bertz CT molecular complexity index is 288. The Morgan fingerprint density at radius 3 is 2.45 bits per heavy atom. The van der Waals surface area contributed by atoms with Gasteiger partial charge >= 0.3 is 5.97 Å². The Morgan fingerprint density at radius 1 is 1.20 bits per heavy atom. The number of carbonyl (C=O) groups is 3. The number of hydrogen-bond acceptors (Lipinski definition) is 7. The topological polar surface area (TPSA) is 131 Å². The lowest BCUT2D eigenvalue weighted by Gasteiger charge is -2.15. The minimum absolute atomic E-state index is 0.0451. The van der Waals surface area contributed by atoms with Gasteiger partial charge in [-0.05, 0) is 25.8 Å². The number of aldehydes is 2. The fraction of sp³-hybridized carbons (Fsp3) is 0.750. The smallest absolute Gasteiger partial charge is 0.303 e. The fourth-order valence-corrected chi connectivity index (χ4v) is 1.46. The van der Waals surface area contributed by atoms with E-state index in [-0.39, 0.29) is 25.6 Å². The van der Waals surface area contributed by atoms with E-state index in [0.717, 1.165) is 19.1 Å². The molecule has 5 N–H and O–H groups in total. The molecule has 0 spiro atoms. The molecule has 0 aliphatic rings. The molecule has 0 unspecified atom stereocenters. The van der Waals surface area contributed by atoms with Crippen molar-refractivity contribution in [2.45, 2.75) is 44.2 Å². The number of aliphatic carboxylic acids is 1. The van der Waals surface area contributed by atoms with E-state index >= 15 is 0 Å². The van der Waals surface area contributed by atoms with Crippen LogP contribution in [0.2, 0.25) is 0 Å². The molecule has 0 aromatic rings. The second-order valence-electron chi connectivity index (χ2n) is 4.31. The summed E-state index contributed by atoms with van der Waals surface area (Å²) in [6, 6.07) is -1.00. The summed E-state index contributed by atoms with van der Waals surface area (Å²) in [7, 11) is 0. The normalized spacial score (nSPS) is 13.7. The van der Waals surface area contributed by atoms with E-state index in [1.807, 2.05) is 0 Å². The summed E-state index contributed by atoms with van der Waals surface area (Å²) in [5.41, 5.74) is 7.80. The molecule has 0 aliphatic heterocycles. The molecule has 0 fully saturated rings. The van der Waals surface area contributed by atoms with Crippen molar-refractivity contribution in [3.63, 3.8) is 0 Å². The van der Waals surface area contributed by atoms with Gasteiger partial charge in [0.2, 0.25) is 0 Å². The Labute approximate surface area is 118 Å². The number of unbranched alkanes of at least 4 members (excludes halogenated alkanes) is 1. The van der Waals surface area contributed by atoms with Crippen LogP contribution in [0.25, 0.3) is 0 Å². The number of hydrogen-bond donors (Lipinski definition) is 4. The molecule has 0 aromatic heterocycles. The van der Waals surface area contributed by atoms with E-state index in [2.05, 4.69) is 10.8 Å². The van der Waals surface area contributed by atoms with Crippen molar-refractivity contribution >= 4 is 18.5 Å². The number of nitrogens with one attached hydrogen (secondary N) is 2. The van der Waals surface area contributed by atoms with Crippen molar-refractivity contribution in [3.8, 4) is 0 Å². The Hall–Kier alpha value is -1.35. The van der Waals surface area contributed by atoms with Gasteiger partial charge in [-0.3, -0.25) is 14.9 Å². The third-order valence-electron chi connectivity index (χ3n) is 2.62. The van der Waals surface area contributed by atoms with Gasteiger partial charge in [0, 0.05) is 6.42 Å². The second kappa shape index (κ2) is 12.7. The van der Waals surface area contributed by atoms with Crippen LogP contribution in [-0.4, -0.2) is 49.0 Å². The van der Waals surface area contributed by atoms with E-state index in [0.29, 0.717) is 19.3 Å². The summed E-state index contributed by atoms with van der Waals surface area (Å²) in [4.78, 5) is 36.8. The zero-order chi connectivity index (χ0) is 15.2. The molecule has 2 atom stereocenters. The van der Waals surface area contributed by atoms with Crippen molar-refractivity contribution in [3.05, 3.63) is 0 Å². The first-order chi connectivity index (χ1) is 9.63. The van der Waals surface area contributed by atoms with Gasteiger partial charge in [-0.2, -0.15) is 5.48 Å². The van der Waals surface area contributed by atoms with Crippen LogP contribution in [0.1, 0.15) is 32.1 Å². The first-order valence-electron chi connectivity index (χ1n) is 6.57. The lowest BCUT2D eigenvalue weighted by atomic mass is 10.1. The molecule has 0 amide bonds. The maximum absolute atomic E-state index is 10.8. The maximum atomic E-state index is 10.8. The predicted octanol–water partition coefficient (Wildman–Crippen LogP) is -0.816. The zero-order valence-electron chi connectivity index (χ0n) is 11.4.